The molecule has 0 aliphatic rings. The van der Waals surface area contributed by atoms with E-state index in [9.17, 15) is 0 Å². The zero-order chi connectivity index (χ0) is 9.80. The Kier molecular flexibility index (Phi) is 4.22. The summed E-state index contributed by atoms with van der Waals surface area (Å²) in [5, 5.41) is 10.9. The van der Waals surface area contributed by atoms with Crippen molar-refractivity contribution in [3.8, 4) is 5.75 Å². The molecule has 1 aromatic heterocycles. The maximum Gasteiger partial charge on any atom is 1.00 e. The van der Waals surface area contributed by atoms with Crippen LogP contribution >= 0.6 is 0 Å². The second-order valence-electron chi connectivity index (χ2n) is 2.71. The Bertz CT molecular complexity index is 404. The van der Waals surface area contributed by atoms with E-state index in [1.165, 1.54) is 11.3 Å². The van der Waals surface area contributed by atoms with Crippen LogP contribution in [0.25, 0.3) is 0 Å². The van der Waals surface area contributed by atoms with Crippen LogP contribution in [0, 0.1) is 6.61 Å². The summed E-state index contributed by atoms with van der Waals surface area (Å²) in [6, 6.07) is 9.45. The molecule has 0 radical (unpaired) electrons. The molecule has 15 heavy (non-hydrogen) atoms. The Morgan fingerprint density at radius 2 is 2.00 bits per heavy atom. The number of para-hydroxylation sites is 1. The third kappa shape index (κ3) is 3.01. The van der Waals surface area contributed by atoms with Crippen LogP contribution in [-0.2, 0) is 7.05 Å². The minimum absolute atomic E-state index is 0. The standard InChI is InChI=1S/C9H9N4O.Li/c1-13-9(10-11-12-13)7-14-8-5-3-2-4-6-8;/h2-7H,1H3;/q-1;+1. The van der Waals surface area contributed by atoms with Gasteiger partial charge in [0.15, 0.2) is 0 Å². The largest absolute Gasteiger partial charge is 1.00 e. The van der Waals surface area contributed by atoms with Gasteiger partial charge in [0.2, 0.25) is 0 Å². The molecule has 0 spiro atoms. The summed E-state index contributed by atoms with van der Waals surface area (Å²) in [5.74, 6) is 1.34. The van der Waals surface area contributed by atoms with E-state index in [1.54, 1.807) is 7.05 Å². The van der Waals surface area contributed by atoms with Crippen molar-refractivity contribution in [1.29, 1.82) is 0 Å². The fourth-order valence-corrected chi connectivity index (χ4v) is 0.956. The van der Waals surface area contributed by atoms with Gasteiger partial charge in [-0.25, -0.2) is 0 Å². The number of aryl methyl sites for hydroxylation is 1. The van der Waals surface area contributed by atoms with E-state index in [4.69, 9.17) is 4.74 Å². The third-order valence-corrected chi connectivity index (χ3v) is 1.70. The normalized spacial score (nSPS) is 9.13. The van der Waals surface area contributed by atoms with Gasteiger partial charge in [-0.2, -0.15) is 6.61 Å². The molecule has 0 aliphatic carbocycles. The van der Waals surface area contributed by atoms with Crippen molar-refractivity contribution in [2.24, 2.45) is 7.05 Å². The molecular weight excluding hydrogens is 187 g/mol. The van der Waals surface area contributed by atoms with E-state index < -0.39 is 0 Å². The molecule has 2 aromatic rings. The molecule has 6 heteroatoms. The average Bonchev–Trinajstić information content (AvgIpc) is 2.63. The molecule has 0 saturated carbocycles. The number of benzene rings is 1. The average molecular weight is 196 g/mol. The van der Waals surface area contributed by atoms with Crippen molar-refractivity contribution in [3.63, 3.8) is 0 Å². The first kappa shape index (κ1) is 11.6. The monoisotopic (exact) mass is 196 g/mol. The molecule has 0 saturated heterocycles. The van der Waals surface area contributed by atoms with E-state index in [0.717, 1.165) is 5.75 Å². The van der Waals surface area contributed by atoms with Gasteiger partial charge in [0.1, 0.15) is 0 Å². The van der Waals surface area contributed by atoms with Crippen molar-refractivity contribution in [2.75, 3.05) is 0 Å². The van der Waals surface area contributed by atoms with Gasteiger partial charge in [0.25, 0.3) is 0 Å². The molecular formula is C9H9LiN4O. The van der Waals surface area contributed by atoms with Crippen LogP contribution in [0.3, 0.4) is 0 Å². The summed E-state index contributed by atoms with van der Waals surface area (Å²) in [7, 11) is 1.75. The zero-order valence-corrected chi connectivity index (χ0v) is 8.66. The minimum atomic E-state index is 0. The predicted molar refractivity (Wildman–Crippen MR) is 49.3 cm³/mol. The molecule has 0 N–H and O–H groups in total. The molecule has 0 aliphatic heterocycles. The van der Waals surface area contributed by atoms with Crippen molar-refractivity contribution in [2.45, 2.75) is 0 Å². The van der Waals surface area contributed by atoms with Gasteiger partial charge in [0, 0.05) is 7.05 Å². The smallest absolute Gasteiger partial charge is 0.636 e. The van der Waals surface area contributed by atoms with Crippen LogP contribution in [0.1, 0.15) is 5.82 Å². The Morgan fingerprint density at radius 3 is 2.60 bits per heavy atom. The number of ether oxygens (including phenoxy) is 1. The molecule has 1 heterocycles. The van der Waals surface area contributed by atoms with E-state index in [-0.39, 0.29) is 18.9 Å². The fraction of sp³-hybridized carbons (Fsp3) is 0.111. The van der Waals surface area contributed by atoms with Gasteiger partial charge in [-0.15, -0.1) is 5.10 Å². The van der Waals surface area contributed by atoms with E-state index in [1.807, 2.05) is 30.3 Å². The van der Waals surface area contributed by atoms with Crippen molar-refractivity contribution >= 4 is 0 Å². The van der Waals surface area contributed by atoms with E-state index in [2.05, 4.69) is 15.5 Å². The fourth-order valence-electron chi connectivity index (χ4n) is 0.956. The molecule has 0 fully saturated rings. The zero-order valence-electron chi connectivity index (χ0n) is 8.66. The summed E-state index contributed by atoms with van der Waals surface area (Å²) in [4.78, 5) is 0. The Morgan fingerprint density at radius 1 is 1.27 bits per heavy atom. The summed E-state index contributed by atoms with van der Waals surface area (Å²) in [6.07, 6.45) is 0. The van der Waals surface area contributed by atoms with Crippen molar-refractivity contribution in [1.82, 2.24) is 20.2 Å². The molecule has 0 atom stereocenters. The number of tetrazole rings is 1. The third-order valence-electron chi connectivity index (χ3n) is 1.70. The van der Waals surface area contributed by atoms with Crippen molar-refractivity contribution in [3.05, 3.63) is 42.8 Å². The van der Waals surface area contributed by atoms with Crippen LogP contribution in [0.4, 0.5) is 0 Å². The molecule has 0 amide bonds. The second kappa shape index (κ2) is 5.44. The SMILES string of the molecule is Cn1nnnc1[CH-]Oc1ccccc1.[Li+]. The predicted octanol–water partition coefficient (Wildman–Crippen LogP) is -2.20. The van der Waals surface area contributed by atoms with Gasteiger partial charge in [-0.3, -0.25) is 4.68 Å². The molecule has 0 bridgehead atoms. The molecule has 2 rings (SSSR count). The Hall–Kier alpha value is -1.44. The van der Waals surface area contributed by atoms with Crippen LogP contribution in [0.5, 0.6) is 5.75 Å². The number of hydrogen-bond acceptors (Lipinski definition) is 4. The maximum absolute atomic E-state index is 5.34. The molecule has 0 unspecified atom stereocenters. The number of hydrogen-bond donors (Lipinski definition) is 0. The van der Waals surface area contributed by atoms with Gasteiger partial charge >= 0.3 is 18.9 Å². The summed E-state index contributed by atoms with van der Waals surface area (Å²) >= 11 is 0. The second-order valence-corrected chi connectivity index (χ2v) is 2.71. The van der Waals surface area contributed by atoms with Crippen molar-refractivity contribution < 1.29 is 23.6 Å². The van der Waals surface area contributed by atoms with Gasteiger partial charge in [-0.1, -0.05) is 18.2 Å². The quantitative estimate of drug-likeness (QED) is 0.413. The van der Waals surface area contributed by atoms with Gasteiger partial charge < -0.3 is 4.74 Å². The van der Waals surface area contributed by atoms with Gasteiger partial charge in [0.05, 0.1) is 11.6 Å². The number of aromatic nitrogens is 4. The molecule has 72 valence electrons. The first-order valence-corrected chi connectivity index (χ1v) is 4.13. The molecule has 1 aromatic carbocycles. The van der Waals surface area contributed by atoms with Crippen LogP contribution in [0.2, 0.25) is 0 Å². The Labute approximate surface area is 99.6 Å². The Balaban J connectivity index is 0.00000112. The number of rotatable bonds is 3. The van der Waals surface area contributed by atoms with Crippen LogP contribution < -0.4 is 23.6 Å². The summed E-state index contributed by atoms with van der Waals surface area (Å²) in [6.45, 7) is 1.51. The van der Waals surface area contributed by atoms with Gasteiger partial charge in [-0.05, 0) is 22.6 Å². The topological polar surface area (TPSA) is 52.8 Å². The first-order valence-electron chi connectivity index (χ1n) is 4.13. The minimum Gasteiger partial charge on any atom is -0.636 e. The summed E-state index contributed by atoms with van der Waals surface area (Å²) in [5.41, 5.74) is 0. The first-order chi connectivity index (χ1) is 6.86. The van der Waals surface area contributed by atoms with Crippen LogP contribution in [-0.4, -0.2) is 20.2 Å². The maximum atomic E-state index is 5.34. The number of nitrogens with zero attached hydrogens (tertiary/aromatic N) is 4. The van der Waals surface area contributed by atoms with E-state index in [0.29, 0.717) is 5.82 Å². The summed E-state index contributed by atoms with van der Waals surface area (Å²) < 4.78 is 6.87. The van der Waals surface area contributed by atoms with Crippen LogP contribution in [0.15, 0.2) is 30.3 Å². The van der Waals surface area contributed by atoms with E-state index >= 15 is 0 Å². The molecule has 5 nitrogen and oxygen atoms in total.